The van der Waals surface area contributed by atoms with Gasteiger partial charge in [0.15, 0.2) is 0 Å². The van der Waals surface area contributed by atoms with Crippen molar-refractivity contribution in [2.24, 2.45) is 5.92 Å². The molecule has 0 heterocycles. The summed E-state index contributed by atoms with van der Waals surface area (Å²) >= 11 is 0. The molecule has 0 spiro atoms. The molecular weight excluding hydrogens is 178 g/mol. The van der Waals surface area contributed by atoms with Crippen molar-refractivity contribution in [1.29, 1.82) is 0 Å². The van der Waals surface area contributed by atoms with E-state index in [1.165, 1.54) is 0 Å². The number of ether oxygens (including phenoxy) is 1. The Balaban J connectivity index is 3.83. The molecule has 0 aromatic heterocycles. The fourth-order valence-corrected chi connectivity index (χ4v) is 1.10. The normalized spacial score (nSPS) is 13.9. The van der Waals surface area contributed by atoms with E-state index in [1.54, 1.807) is 0 Å². The van der Waals surface area contributed by atoms with Crippen LogP contribution in [0, 0.1) is 12.8 Å². The number of rotatable bonds is 3. The van der Waals surface area contributed by atoms with Crippen LogP contribution < -0.4 is 5.32 Å². The summed E-state index contributed by atoms with van der Waals surface area (Å²) in [7, 11) is 0. The van der Waals surface area contributed by atoms with Gasteiger partial charge in [-0.1, -0.05) is 13.8 Å². The number of hydrogen-bond acceptors (Lipinski definition) is 2. The van der Waals surface area contributed by atoms with Crippen molar-refractivity contribution in [3.8, 4) is 0 Å². The molecule has 3 nitrogen and oxygen atoms in total. The molecule has 0 aliphatic carbocycles. The van der Waals surface area contributed by atoms with Gasteiger partial charge in [0.1, 0.15) is 5.60 Å². The predicted octanol–water partition coefficient (Wildman–Crippen LogP) is 2.76. The predicted molar refractivity (Wildman–Crippen MR) is 58.0 cm³/mol. The highest BCUT2D eigenvalue weighted by molar-refractivity contribution is 5.68. The van der Waals surface area contributed by atoms with Crippen molar-refractivity contribution in [2.75, 3.05) is 0 Å². The van der Waals surface area contributed by atoms with Crippen LogP contribution in [0.15, 0.2) is 0 Å². The summed E-state index contributed by atoms with van der Waals surface area (Å²) in [5.74, 6) is 0.521. The van der Waals surface area contributed by atoms with Crippen molar-refractivity contribution >= 4 is 6.09 Å². The number of carbonyl (C=O) groups excluding carboxylic acids is 1. The van der Waals surface area contributed by atoms with E-state index >= 15 is 0 Å². The van der Waals surface area contributed by atoms with Gasteiger partial charge in [0, 0.05) is 6.04 Å². The lowest BCUT2D eigenvalue weighted by Gasteiger charge is -2.22. The molecule has 0 saturated heterocycles. The molecule has 0 bridgehead atoms. The summed E-state index contributed by atoms with van der Waals surface area (Å²) in [5.41, 5.74) is -0.443. The minimum Gasteiger partial charge on any atom is -0.444 e. The van der Waals surface area contributed by atoms with Crippen LogP contribution in [0.2, 0.25) is 0 Å². The maximum atomic E-state index is 11.3. The van der Waals surface area contributed by atoms with E-state index in [-0.39, 0.29) is 6.04 Å². The highest BCUT2D eigenvalue weighted by atomic mass is 16.6. The first kappa shape index (κ1) is 13.3. The van der Waals surface area contributed by atoms with Crippen LogP contribution in [-0.2, 0) is 4.74 Å². The Bertz CT molecular complexity index is 182. The zero-order valence-electron chi connectivity index (χ0n) is 9.89. The van der Waals surface area contributed by atoms with E-state index in [9.17, 15) is 4.79 Å². The molecule has 14 heavy (non-hydrogen) atoms. The van der Waals surface area contributed by atoms with Gasteiger partial charge >= 0.3 is 6.09 Å². The molecule has 0 aromatic carbocycles. The molecule has 0 aromatic rings. The minimum absolute atomic E-state index is 0.0788. The average Bonchev–Trinajstić information content (AvgIpc) is 1.77. The van der Waals surface area contributed by atoms with Gasteiger partial charge in [-0.25, -0.2) is 4.79 Å². The van der Waals surface area contributed by atoms with Crippen LogP contribution >= 0.6 is 0 Å². The third-order valence-corrected chi connectivity index (χ3v) is 1.48. The van der Waals surface area contributed by atoms with E-state index in [2.05, 4.69) is 26.1 Å². The van der Waals surface area contributed by atoms with Crippen LogP contribution in [0.3, 0.4) is 0 Å². The van der Waals surface area contributed by atoms with Crippen molar-refractivity contribution in [1.82, 2.24) is 5.32 Å². The first-order chi connectivity index (χ1) is 6.20. The first-order valence-corrected chi connectivity index (χ1v) is 5.03. The molecular formula is C11H22NO2. The average molecular weight is 200 g/mol. The number of hydrogen-bond donors (Lipinski definition) is 1. The minimum atomic E-state index is -0.443. The fraction of sp³-hybridized carbons (Fsp3) is 0.818. The topological polar surface area (TPSA) is 38.3 Å². The monoisotopic (exact) mass is 200 g/mol. The number of alkyl carbamates (subject to hydrolysis) is 1. The Kier molecular flexibility index (Phi) is 4.95. The van der Waals surface area contributed by atoms with Gasteiger partial charge in [-0.2, -0.15) is 0 Å². The van der Waals surface area contributed by atoms with Crippen LogP contribution in [0.4, 0.5) is 4.79 Å². The van der Waals surface area contributed by atoms with E-state index in [0.717, 1.165) is 6.42 Å². The van der Waals surface area contributed by atoms with Crippen molar-refractivity contribution < 1.29 is 9.53 Å². The van der Waals surface area contributed by atoms with E-state index in [4.69, 9.17) is 4.74 Å². The van der Waals surface area contributed by atoms with Crippen LogP contribution in [0.1, 0.15) is 41.0 Å². The van der Waals surface area contributed by atoms with Gasteiger partial charge in [0.05, 0.1) is 0 Å². The lowest BCUT2D eigenvalue weighted by Crippen LogP contribution is -2.38. The molecule has 1 amide bonds. The molecule has 0 saturated carbocycles. The lowest BCUT2D eigenvalue weighted by molar-refractivity contribution is 0.0510. The maximum Gasteiger partial charge on any atom is 0.407 e. The summed E-state index contributed by atoms with van der Waals surface area (Å²) in [6.07, 6.45) is 0.470. The number of amides is 1. The third kappa shape index (κ3) is 7.90. The number of carbonyl (C=O) groups is 1. The Hall–Kier alpha value is -0.730. The molecule has 1 atom stereocenters. The van der Waals surface area contributed by atoms with Gasteiger partial charge in [-0.15, -0.1) is 0 Å². The zero-order valence-corrected chi connectivity index (χ0v) is 9.89. The third-order valence-electron chi connectivity index (χ3n) is 1.48. The summed E-state index contributed by atoms with van der Waals surface area (Å²) in [4.78, 5) is 11.3. The summed E-state index contributed by atoms with van der Waals surface area (Å²) < 4.78 is 5.10. The van der Waals surface area contributed by atoms with Crippen LogP contribution in [0.25, 0.3) is 0 Å². The largest absolute Gasteiger partial charge is 0.444 e. The quantitative estimate of drug-likeness (QED) is 0.760. The molecule has 0 aliphatic heterocycles. The molecule has 0 fully saturated rings. The molecule has 0 aliphatic rings. The summed E-state index contributed by atoms with van der Waals surface area (Å²) in [6.45, 7) is 13.5. The standard InChI is InChI=1S/C11H22NO2/c1-8(2)7-9(3)12-10(13)14-11(4,5)6/h8-9H,3,7H2,1-2,4-6H3,(H,12,13)/t9-/m0/s1. The number of nitrogens with one attached hydrogen (secondary N) is 1. The maximum absolute atomic E-state index is 11.3. The molecule has 0 rings (SSSR count). The van der Waals surface area contributed by atoms with Crippen LogP contribution in [-0.4, -0.2) is 17.7 Å². The second kappa shape index (κ2) is 5.23. The van der Waals surface area contributed by atoms with Crippen molar-refractivity contribution in [2.45, 2.75) is 52.7 Å². The van der Waals surface area contributed by atoms with Gasteiger partial charge in [-0.3, -0.25) is 0 Å². The van der Waals surface area contributed by atoms with Gasteiger partial charge in [-0.05, 0) is 40.0 Å². The second-order valence-corrected chi connectivity index (χ2v) is 4.97. The van der Waals surface area contributed by atoms with Gasteiger partial charge in [0.25, 0.3) is 0 Å². The first-order valence-electron chi connectivity index (χ1n) is 5.03. The molecule has 1 N–H and O–H groups in total. The highest BCUT2D eigenvalue weighted by Crippen LogP contribution is 2.08. The SMILES string of the molecule is [CH2][C@@H](CC(C)C)NC(=O)OC(C)(C)C. The Morgan fingerprint density at radius 2 is 1.93 bits per heavy atom. The Morgan fingerprint density at radius 3 is 2.29 bits per heavy atom. The fourth-order valence-electron chi connectivity index (χ4n) is 1.10. The van der Waals surface area contributed by atoms with Gasteiger partial charge < -0.3 is 10.1 Å². The lowest BCUT2D eigenvalue weighted by atomic mass is 10.1. The molecule has 1 radical (unpaired) electrons. The van der Waals surface area contributed by atoms with E-state index in [1.807, 2.05) is 20.8 Å². The van der Waals surface area contributed by atoms with Gasteiger partial charge in [0.2, 0.25) is 0 Å². The molecule has 83 valence electrons. The Labute approximate surface area is 87.2 Å². The Morgan fingerprint density at radius 1 is 1.43 bits per heavy atom. The van der Waals surface area contributed by atoms with E-state index < -0.39 is 11.7 Å². The van der Waals surface area contributed by atoms with E-state index in [0.29, 0.717) is 5.92 Å². The van der Waals surface area contributed by atoms with Crippen molar-refractivity contribution in [3.63, 3.8) is 0 Å². The smallest absolute Gasteiger partial charge is 0.407 e. The molecule has 0 unspecified atom stereocenters. The van der Waals surface area contributed by atoms with Crippen LogP contribution in [0.5, 0.6) is 0 Å². The second-order valence-electron chi connectivity index (χ2n) is 4.97. The molecule has 3 heteroatoms. The summed E-state index contributed by atoms with van der Waals surface area (Å²) in [5, 5.41) is 2.70. The summed E-state index contributed by atoms with van der Waals surface area (Å²) in [6, 6.07) is -0.0788. The van der Waals surface area contributed by atoms with Crippen molar-refractivity contribution in [3.05, 3.63) is 6.92 Å². The highest BCUT2D eigenvalue weighted by Gasteiger charge is 2.17. The zero-order chi connectivity index (χ0) is 11.4.